The number of ether oxygens (including phenoxy) is 1. The number of esters is 1. The topological polar surface area (TPSA) is 97.7 Å². The lowest BCUT2D eigenvalue weighted by Gasteiger charge is -2.17. The minimum atomic E-state index is -5.15. The standard InChI is InChI=1S/C9H12F2O6S/c1-17-6(12)4-8(2-3-8)5-18(15,16)9(10,11)7(13)14/h2-5H2,1H3,(H,13,14). The number of methoxy groups -OCH3 is 1. The molecule has 104 valence electrons. The van der Waals surface area contributed by atoms with E-state index < -0.39 is 38.2 Å². The molecule has 1 saturated carbocycles. The Kier molecular flexibility index (Phi) is 3.66. The molecule has 1 aliphatic carbocycles. The Balaban J connectivity index is 2.85. The number of carboxylic acids is 1. The molecule has 18 heavy (non-hydrogen) atoms. The fourth-order valence-corrected chi connectivity index (χ4v) is 3.20. The maximum atomic E-state index is 13.0. The Morgan fingerprint density at radius 3 is 2.22 bits per heavy atom. The van der Waals surface area contributed by atoms with Crippen molar-refractivity contribution in [2.24, 2.45) is 5.41 Å². The molecule has 9 heteroatoms. The molecule has 0 unspecified atom stereocenters. The third-order valence-electron chi connectivity index (χ3n) is 2.84. The fourth-order valence-electron chi connectivity index (χ4n) is 1.55. The summed E-state index contributed by atoms with van der Waals surface area (Å²) in [6.07, 6.45) is 0.243. The lowest BCUT2D eigenvalue weighted by atomic mass is 10.1. The molecular weight excluding hydrogens is 274 g/mol. The monoisotopic (exact) mass is 286 g/mol. The van der Waals surface area contributed by atoms with Gasteiger partial charge in [0.15, 0.2) is 0 Å². The predicted molar refractivity (Wildman–Crippen MR) is 54.7 cm³/mol. The van der Waals surface area contributed by atoms with Crippen molar-refractivity contribution in [3.63, 3.8) is 0 Å². The molecule has 1 fully saturated rings. The molecule has 1 rings (SSSR count). The average molecular weight is 286 g/mol. The van der Waals surface area contributed by atoms with Gasteiger partial charge in [-0.1, -0.05) is 0 Å². The van der Waals surface area contributed by atoms with Crippen LogP contribution in [-0.4, -0.2) is 43.6 Å². The van der Waals surface area contributed by atoms with Crippen LogP contribution in [0, 0.1) is 5.41 Å². The Labute approximate surface area is 102 Å². The number of sulfone groups is 1. The van der Waals surface area contributed by atoms with Crippen LogP contribution >= 0.6 is 0 Å². The number of hydrogen-bond acceptors (Lipinski definition) is 5. The molecule has 1 N–H and O–H groups in total. The SMILES string of the molecule is COC(=O)CC1(CS(=O)(=O)C(F)(F)C(=O)O)CC1. The van der Waals surface area contributed by atoms with Gasteiger partial charge in [-0.25, -0.2) is 13.2 Å². The van der Waals surface area contributed by atoms with Gasteiger partial charge in [0.25, 0.3) is 0 Å². The minimum absolute atomic E-state index is 0.275. The van der Waals surface area contributed by atoms with E-state index in [0.29, 0.717) is 0 Å². The number of carbonyl (C=O) groups is 2. The van der Waals surface area contributed by atoms with Crippen molar-refractivity contribution in [2.45, 2.75) is 24.5 Å². The molecule has 0 aliphatic heterocycles. The maximum Gasteiger partial charge on any atom is 0.439 e. The summed E-state index contributed by atoms with van der Waals surface area (Å²) in [5.41, 5.74) is -1.11. The second-order valence-corrected chi connectivity index (χ2v) is 6.36. The normalized spacial score (nSPS) is 18.2. The summed E-state index contributed by atoms with van der Waals surface area (Å²) in [4.78, 5) is 21.2. The molecule has 0 heterocycles. The number of halogens is 2. The van der Waals surface area contributed by atoms with Gasteiger partial charge >= 0.3 is 17.2 Å². The molecule has 0 aromatic rings. The molecule has 0 bridgehead atoms. The van der Waals surface area contributed by atoms with Crippen LogP contribution in [0.4, 0.5) is 8.78 Å². The van der Waals surface area contributed by atoms with Gasteiger partial charge in [0, 0.05) is 0 Å². The van der Waals surface area contributed by atoms with Crippen molar-refractivity contribution in [1.82, 2.24) is 0 Å². The van der Waals surface area contributed by atoms with E-state index in [-0.39, 0.29) is 19.3 Å². The smallest absolute Gasteiger partial charge is 0.439 e. The summed E-state index contributed by atoms with van der Waals surface area (Å²) in [7, 11) is -4.05. The van der Waals surface area contributed by atoms with E-state index in [9.17, 15) is 26.8 Å². The van der Waals surface area contributed by atoms with Crippen LogP contribution in [0.15, 0.2) is 0 Å². The van der Waals surface area contributed by atoms with Crippen molar-refractivity contribution in [3.8, 4) is 0 Å². The van der Waals surface area contributed by atoms with Gasteiger partial charge in [0.05, 0.1) is 19.3 Å². The van der Waals surface area contributed by atoms with Crippen LogP contribution in [0.5, 0.6) is 0 Å². The quantitative estimate of drug-likeness (QED) is 0.711. The number of carboxylic acid groups (broad SMARTS) is 1. The zero-order valence-electron chi connectivity index (χ0n) is 9.48. The highest BCUT2D eigenvalue weighted by Crippen LogP contribution is 2.51. The summed E-state index contributed by atoms with van der Waals surface area (Å²) in [5.74, 6) is -4.45. The molecule has 1 aliphatic rings. The van der Waals surface area contributed by atoms with Crippen LogP contribution in [-0.2, 0) is 24.2 Å². The van der Waals surface area contributed by atoms with E-state index in [4.69, 9.17) is 5.11 Å². The van der Waals surface area contributed by atoms with E-state index in [1.54, 1.807) is 0 Å². The van der Waals surface area contributed by atoms with Gasteiger partial charge in [-0.3, -0.25) is 4.79 Å². The second kappa shape index (κ2) is 4.45. The Morgan fingerprint density at radius 2 is 1.89 bits per heavy atom. The highest BCUT2D eigenvalue weighted by molar-refractivity contribution is 7.93. The highest BCUT2D eigenvalue weighted by Gasteiger charge is 2.58. The third-order valence-corrected chi connectivity index (χ3v) is 4.79. The minimum Gasteiger partial charge on any atom is -0.476 e. The molecule has 0 aromatic heterocycles. The lowest BCUT2D eigenvalue weighted by Crippen LogP contribution is -2.41. The lowest BCUT2D eigenvalue weighted by molar-refractivity contribution is -0.153. The number of carbonyl (C=O) groups excluding carboxylic acids is 1. The van der Waals surface area contributed by atoms with Crippen molar-refractivity contribution in [2.75, 3.05) is 12.9 Å². The first-order valence-corrected chi connectivity index (χ1v) is 6.62. The Bertz CT molecular complexity index is 465. The fraction of sp³-hybridized carbons (Fsp3) is 0.778. The summed E-state index contributed by atoms with van der Waals surface area (Å²) in [6.45, 7) is 0. The largest absolute Gasteiger partial charge is 0.476 e. The number of rotatable bonds is 6. The van der Waals surface area contributed by atoms with E-state index in [0.717, 1.165) is 7.11 Å². The highest BCUT2D eigenvalue weighted by atomic mass is 32.2. The van der Waals surface area contributed by atoms with Crippen molar-refractivity contribution < 1.29 is 36.6 Å². The maximum absolute atomic E-state index is 13.0. The number of aliphatic carboxylic acids is 1. The average Bonchev–Trinajstić information content (AvgIpc) is 2.95. The van der Waals surface area contributed by atoms with Gasteiger partial charge in [0.1, 0.15) is 0 Å². The molecular formula is C9H12F2O6S. The first-order chi connectivity index (χ1) is 8.06. The van der Waals surface area contributed by atoms with E-state index in [1.165, 1.54) is 0 Å². The van der Waals surface area contributed by atoms with Crippen molar-refractivity contribution in [3.05, 3.63) is 0 Å². The zero-order valence-corrected chi connectivity index (χ0v) is 10.3. The van der Waals surface area contributed by atoms with Gasteiger partial charge in [-0.2, -0.15) is 8.78 Å². The molecule has 0 saturated heterocycles. The van der Waals surface area contributed by atoms with Crippen molar-refractivity contribution in [1.29, 1.82) is 0 Å². The summed E-state index contributed by atoms with van der Waals surface area (Å²) >= 11 is 0. The van der Waals surface area contributed by atoms with Gasteiger partial charge in [0.2, 0.25) is 9.84 Å². The molecule has 6 nitrogen and oxygen atoms in total. The predicted octanol–water partition coefficient (Wildman–Crippen LogP) is 0.422. The summed E-state index contributed by atoms with van der Waals surface area (Å²) in [6, 6.07) is 0. The number of alkyl halides is 2. The van der Waals surface area contributed by atoms with E-state index in [2.05, 4.69) is 4.74 Å². The van der Waals surface area contributed by atoms with Crippen LogP contribution in [0.2, 0.25) is 0 Å². The third kappa shape index (κ3) is 2.77. The van der Waals surface area contributed by atoms with E-state index >= 15 is 0 Å². The summed E-state index contributed by atoms with van der Waals surface area (Å²) in [5, 5.41) is 3.37. The Hall–Kier alpha value is -1.25. The van der Waals surface area contributed by atoms with Gasteiger partial charge < -0.3 is 9.84 Å². The molecule has 0 spiro atoms. The van der Waals surface area contributed by atoms with Crippen LogP contribution in [0.1, 0.15) is 19.3 Å². The first-order valence-electron chi connectivity index (χ1n) is 4.97. The van der Waals surface area contributed by atoms with Gasteiger partial charge in [-0.15, -0.1) is 0 Å². The van der Waals surface area contributed by atoms with Crippen LogP contribution < -0.4 is 0 Å². The molecule has 0 aromatic carbocycles. The molecule has 0 amide bonds. The Morgan fingerprint density at radius 1 is 1.39 bits per heavy atom. The van der Waals surface area contributed by atoms with Gasteiger partial charge in [-0.05, 0) is 18.3 Å². The van der Waals surface area contributed by atoms with Crippen molar-refractivity contribution >= 4 is 21.8 Å². The van der Waals surface area contributed by atoms with Crippen LogP contribution in [0.3, 0.4) is 0 Å². The zero-order chi connectivity index (χ0) is 14.2. The molecule has 0 atom stereocenters. The number of hydrogen-bond donors (Lipinski definition) is 1. The van der Waals surface area contributed by atoms with E-state index in [1.807, 2.05) is 0 Å². The molecule has 0 radical (unpaired) electrons. The van der Waals surface area contributed by atoms with Crippen LogP contribution in [0.25, 0.3) is 0 Å². The second-order valence-electron chi connectivity index (χ2n) is 4.33. The summed E-state index contributed by atoms with van der Waals surface area (Å²) < 4.78 is 53.0. The first kappa shape index (κ1) is 14.8.